The van der Waals surface area contributed by atoms with Crippen LogP contribution < -0.4 is 5.32 Å². The summed E-state index contributed by atoms with van der Waals surface area (Å²) in [6.45, 7) is 2.89. The summed E-state index contributed by atoms with van der Waals surface area (Å²) in [6, 6.07) is 0.263. The SMILES string of the molecule is Cc1cn2c(n1)CC[C@H](NC(=O)[C@H]1CC=CCC1)C2. The molecule has 19 heavy (non-hydrogen) atoms. The number of carbonyl (C=O) groups is 1. The molecular weight excluding hydrogens is 238 g/mol. The molecule has 1 amide bonds. The minimum Gasteiger partial charge on any atom is -0.351 e. The molecule has 2 heterocycles. The number of imidazole rings is 1. The monoisotopic (exact) mass is 259 g/mol. The Balaban J connectivity index is 1.59. The zero-order chi connectivity index (χ0) is 13.2. The van der Waals surface area contributed by atoms with Gasteiger partial charge >= 0.3 is 0 Å². The van der Waals surface area contributed by atoms with Gasteiger partial charge in [0.1, 0.15) is 5.82 Å². The maximum absolute atomic E-state index is 12.2. The third kappa shape index (κ3) is 2.72. The minimum atomic E-state index is 0.177. The van der Waals surface area contributed by atoms with E-state index in [0.717, 1.165) is 50.2 Å². The van der Waals surface area contributed by atoms with Gasteiger partial charge in [0.2, 0.25) is 5.91 Å². The van der Waals surface area contributed by atoms with E-state index in [4.69, 9.17) is 0 Å². The number of nitrogens with one attached hydrogen (secondary N) is 1. The predicted molar refractivity (Wildman–Crippen MR) is 73.7 cm³/mol. The number of amides is 1. The highest BCUT2D eigenvalue weighted by Gasteiger charge is 2.25. The first-order chi connectivity index (χ1) is 9.22. The Labute approximate surface area is 113 Å². The van der Waals surface area contributed by atoms with E-state index in [0.29, 0.717) is 0 Å². The first-order valence-corrected chi connectivity index (χ1v) is 7.20. The topological polar surface area (TPSA) is 46.9 Å². The summed E-state index contributed by atoms with van der Waals surface area (Å²) in [5, 5.41) is 3.22. The van der Waals surface area contributed by atoms with Crippen LogP contribution in [0.15, 0.2) is 18.3 Å². The molecule has 2 atom stereocenters. The number of nitrogens with zero attached hydrogens (tertiary/aromatic N) is 2. The number of hydrogen-bond acceptors (Lipinski definition) is 2. The molecule has 1 N–H and O–H groups in total. The van der Waals surface area contributed by atoms with Crippen LogP contribution in [0.1, 0.15) is 37.2 Å². The molecule has 4 heteroatoms. The average Bonchev–Trinajstić information content (AvgIpc) is 2.79. The molecule has 0 bridgehead atoms. The molecule has 3 rings (SSSR count). The Hall–Kier alpha value is -1.58. The Bertz CT molecular complexity index is 503. The Morgan fingerprint density at radius 1 is 1.42 bits per heavy atom. The van der Waals surface area contributed by atoms with Gasteiger partial charge in [-0.2, -0.15) is 0 Å². The molecule has 0 unspecified atom stereocenters. The van der Waals surface area contributed by atoms with Crippen molar-refractivity contribution in [3.63, 3.8) is 0 Å². The summed E-state index contributed by atoms with van der Waals surface area (Å²) in [6.07, 6.45) is 11.3. The number of aromatic nitrogens is 2. The van der Waals surface area contributed by atoms with Gasteiger partial charge < -0.3 is 9.88 Å². The van der Waals surface area contributed by atoms with Gasteiger partial charge in [-0.3, -0.25) is 4.79 Å². The lowest BCUT2D eigenvalue weighted by Gasteiger charge is -2.27. The van der Waals surface area contributed by atoms with Gasteiger partial charge in [-0.05, 0) is 32.6 Å². The van der Waals surface area contributed by atoms with E-state index < -0.39 is 0 Å². The van der Waals surface area contributed by atoms with E-state index in [2.05, 4.69) is 33.2 Å². The fraction of sp³-hybridized carbons (Fsp3) is 0.600. The zero-order valence-corrected chi connectivity index (χ0v) is 11.4. The number of fused-ring (bicyclic) bond motifs is 1. The maximum atomic E-state index is 12.2. The van der Waals surface area contributed by atoms with Gasteiger partial charge in [-0.1, -0.05) is 12.2 Å². The van der Waals surface area contributed by atoms with Crippen molar-refractivity contribution in [2.45, 2.75) is 51.6 Å². The predicted octanol–water partition coefficient (Wildman–Crippen LogP) is 1.98. The van der Waals surface area contributed by atoms with E-state index in [1.807, 2.05) is 6.92 Å². The minimum absolute atomic E-state index is 0.177. The number of rotatable bonds is 2. The lowest BCUT2D eigenvalue weighted by molar-refractivity contribution is -0.126. The van der Waals surface area contributed by atoms with Crippen LogP contribution in [0.5, 0.6) is 0 Å². The van der Waals surface area contributed by atoms with Crippen LogP contribution in [0.3, 0.4) is 0 Å². The molecule has 0 saturated heterocycles. The molecule has 0 aromatic carbocycles. The van der Waals surface area contributed by atoms with Crippen LogP contribution in [0, 0.1) is 12.8 Å². The molecule has 0 radical (unpaired) electrons. The van der Waals surface area contributed by atoms with E-state index in [1.165, 1.54) is 0 Å². The fourth-order valence-electron chi connectivity index (χ4n) is 3.05. The van der Waals surface area contributed by atoms with Crippen LogP contribution in [0.25, 0.3) is 0 Å². The van der Waals surface area contributed by atoms with Crippen molar-refractivity contribution in [1.29, 1.82) is 0 Å². The zero-order valence-electron chi connectivity index (χ0n) is 11.4. The van der Waals surface area contributed by atoms with Crippen molar-refractivity contribution in [3.05, 3.63) is 29.9 Å². The van der Waals surface area contributed by atoms with Crippen LogP contribution in [0.2, 0.25) is 0 Å². The molecule has 1 aromatic heterocycles. The summed E-state index contributed by atoms with van der Waals surface area (Å²) in [5.41, 5.74) is 1.07. The third-order valence-electron chi connectivity index (χ3n) is 4.10. The second-order valence-corrected chi connectivity index (χ2v) is 5.68. The molecule has 102 valence electrons. The summed E-state index contributed by atoms with van der Waals surface area (Å²) in [7, 11) is 0. The molecule has 2 aliphatic rings. The number of carbonyl (C=O) groups excluding carboxylic acids is 1. The highest BCUT2D eigenvalue weighted by atomic mass is 16.1. The van der Waals surface area contributed by atoms with E-state index in [1.54, 1.807) is 0 Å². The third-order valence-corrected chi connectivity index (χ3v) is 4.10. The van der Waals surface area contributed by atoms with Gasteiger partial charge in [0.25, 0.3) is 0 Å². The van der Waals surface area contributed by atoms with E-state index in [-0.39, 0.29) is 17.9 Å². The van der Waals surface area contributed by atoms with Crippen LogP contribution in [0.4, 0.5) is 0 Å². The number of allylic oxidation sites excluding steroid dienone is 2. The normalized spacial score (nSPS) is 25.9. The molecule has 4 nitrogen and oxygen atoms in total. The molecule has 0 spiro atoms. The van der Waals surface area contributed by atoms with E-state index >= 15 is 0 Å². The highest BCUT2D eigenvalue weighted by molar-refractivity contribution is 5.79. The Morgan fingerprint density at radius 3 is 3.11 bits per heavy atom. The van der Waals surface area contributed by atoms with Crippen molar-refractivity contribution < 1.29 is 4.79 Å². The summed E-state index contributed by atoms with van der Waals surface area (Å²) >= 11 is 0. The van der Waals surface area contributed by atoms with Gasteiger partial charge in [0.05, 0.1) is 5.69 Å². The quantitative estimate of drug-likeness (QED) is 0.826. The van der Waals surface area contributed by atoms with Crippen molar-refractivity contribution in [3.8, 4) is 0 Å². The second-order valence-electron chi connectivity index (χ2n) is 5.68. The van der Waals surface area contributed by atoms with Crippen molar-refractivity contribution in [2.75, 3.05) is 0 Å². The van der Waals surface area contributed by atoms with Crippen LogP contribution >= 0.6 is 0 Å². The smallest absolute Gasteiger partial charge is 0.223 e. The van der Waals surface area contributed by atoms with Gasteiger partial charge in [-0.15, -0.1) is 0 Å². The van der Waals surface area contributed by atoms with Crippen molar-refractivity contribution >= 4 is 5.91 Å². The average molecular weight is 259 g/mol. The first-order valence-electron chi connectivity index (χ1n) is 7.20. The molecule has 1 aliphatic heterocycles. The second kappa shape index (κ2) is 5.19. The summed E-state index contributed by atoms with van der Waals surface area (Å²) in [4.78, 5) is 16.7. The lowest BCUT2D eigenvalue weighted by atomic mass is 9.93. The Kier molecular flexibility index (Phi) is 3.40. The lowest BCUT2D eigenvalue weighted by Crippen LogP contribution is -2.43. The summed E-state index contributed by atoms with van der Waals surface area (Å²) in [5.74, 6) is 1.56. The standard InChI is InChI=1S/C15H21N3O/c1-11-9-18-10-13(7-8-14(18)16-11)17-15(19)12-5-3-2-4-6-12/h2-3,9,12-13H,4-8,10H2,1H3,(H,17,19)/t12-,13-/m0/s1. The fourth-order valence-corrected chi connectivity index (χ4v) is 3.05. The molecule has 0 saturated carbocycles. The molecule has 0 fully saturated rings. The van der Waals surface area contributed by atoms with Crippen LogP contribution in [-0.2, 0) is 17.8 Å². The number of aryl methyl sites for hydroxylation is 2. The maximum Gasteiger partial charge on any atom is 0.223 e. The van der Waals surface area contributed by atoms with Gasteiger partial charge in [-0.25, -0.2) is 4.98 Å². The van der Waals surface area contributed by atoms with Crippen molar-refractivity contribution in [1.82, 2.24) is 14.9 Å². The molecule has 1 aromatic rings. The van der Waals surface area contributed by atoms with Crippen LogP contribution in [-0.4, -0.2) is 21.5 Å². The highest BCUT2D eigenvalue weighted by Crippen LogP contribution is 2.20. The summed E-state index contributed by atoms with van der Waals surface area (Å²) < 4.78 is 2.19. The van der Waals surface area contributed by atoms with Gasteiger partial charge in [0, 0.05) is 31.1 Å². The molecular formula is C15H21N3O. The number of hydrogen-bond donors (Lipinski definition) is 1. The Morgan fingerprint density at radius 2 is 2.32 bits per heavy atom. The van der Waals surface area contributed by atoms with E-state index in [9.17, 15) is 4.79 Å². The molecule has 1 aliphatic carbocycles. The van der Waals surface area contributed by atoms with Crippen molar-refractivity contribution in [2.24, 2.45) is 5.92 Å². The van der Waals surface area contributed by atoms with Gasteiger partial charge in [0.15, 0.2) is 0 Å². The first kappa shape index (κ1) is 12.5. The largest absolute Gasteiger partial charge is 0.351 e.